The third-order valence-corrected chi connectivity index (χ3v) is 3.65. The van der Waals surface area contributed by atoms with E-state index in [1.807, 2.05) is 19.2 Å². The van der Waals surface area contributed by atoms with Crippen LogP contribution in [0.15, 0.2) is 46.9 Å². The molecule has 2 rings (SSSR count). The maximum absolute atomic E-state index is 13.2. The predicted molar refractivity (Wildman–Crippen MR) is 77.7 cm³/mol. The highest BCUT2D eigenvalue weighted by atomic mass is 79.9. The molecule has 2 nitrogen and oxygen atoms in total. The van der Waals surface area contributed by atoms with Gasteiger partial charge in [-0.15, -0.1) is 0 Å². The van der Waals surface area contributed by atoms with E-state index in [1.54, 1.807) is 24.3 Å². The van der Waals surface area contributed by atoms with Gasteiger partial charge in [-0.3, -0.25) is 0 Å². The van der Waals surface area contributed by atoms with Crippen molar-refractivity contribution in [2.45, 2.75) is 12.5 Å². The van der Waals surface area contributed by atoms with E-state index >= 15 is 0 Å². The van der Waals surface area contributed by atoms with Crippen LogP contribution in [0.5, 0.6) is 5.75 Å². The van der Waals surface area contributed by atoms with E-state index in [-0.39, 0.29) is 17.6 Å². The second kappa shape index (κ2) is 6.17. The monoisotopic (exact) mass is 323 g/mol. The molecule has 0 bridgehead atoms. The molecule has 2 aromatic carbocycles. The second-order valence-corrected chi connectivity index (χ2v) is 5.24. The van der Waals surface area contributed by atoms with E-state index in [0.717, 1.165) is 17.5 Å². The van der Waals surface area contributed by atoms with Crippen molar-refractivity contribution in [3.8, 4) is 5.75 Å². The number of likely N-dealkylation sites (N-methyl/N-ethyl adjacent to an activating group) is 1. The highest BCUT2D eigenvalue weighted by Gasteiger charge is 2.12. The van der Waals surface area contributed by atoms with Crippen LogP contribution in [0.1, 0.15) is 17.2 Å². The summed E-state index contributed by atoms with van der Waals surface area (Å²) in [4.78, 5) is 0. The summed E-state index contributed by atoms with van der Waals surface area (Å²) in [6.07, 6.45) is 0.725. The Kier molecular flexibility index (Phi) is 4.56. The fraction of sp³-hybridized carbons (Fsp3) is 0.200. The molecule has 0 spiro atoms. The molecule has 0 aliphatic rings. The van der Waals surface area contributed by atoms with Crippen molar-refractivity contribution in [2.24, 2.45) is 0 Å². The molecule has 0 aliphatic heterocycles. The Labute approximate surface area is 120 Å². The number of rotatable bonds is 4. The minimum Gasteiger partial charge on any atom is -0.508 e. The number of phenols is 1. The average molecular weight is 324 g/mol. The van der Waals surface area contributed by atoms with E-state index in [2.05, 4.69) is 21.2 Å². The van der Waals surface area contributed by atoms with Gasteiger partial charge >= 0.3 is 0 Å². The van der Waals surface area contributed by atoms with Crippen LogP contribution in [0.2, 0.25) is 0 Å². The van der Waals surface area contributed by atoms with Crippen LogP contribution in [0.4, 0.5) is 4.39 Å². The highest BCUT2D eigenvalue weighted by Crippen LogP contribution is 2.24. The summed E-state index contributed by atoms with van der Waals surface area (Å²) in [6.45, 7) is 0. The molecule has 4 heteroatoms. The topological polar surface area (TPSA) is 32.3 Å². The molecule has 1 unspecified atom stereocenters. The number of halogens is 2. The lowest BCUT2D eigenvalue weighted by atomic mass is 9.99. The molecule has 2 aromatic rings. The summed E-state index contributed by atoms with van der Waals surface area (Å²) in [6, 6.07) is 12.2. The Morgan fingerprint density at radius 1 is 1.26 bits per heavy atom. The smallest absolute Gasteiger partial charge is 0.137 e. The lowest BCUT2D eigenvalue weighted by Gasteiger charge is -2.17. The Hall–Kier alpha value is -1.39. The summed E-state index contributed by atoms with van der Waals surface area (Å²) in [5.41, 5.74) is 2.03. The normalized spacial score (nSPS) is 12.4. The van der Waals surface area contributed by atoms with Crippen molar-refractivity contribution in [2.75, 3.05) is 7.05 Å². The Bertz CT molecular complexity index is 574. The molecule has 0 fully saturated rings. The van der Waals surface area contributed by atoms with Gasteiger partial charge in [0.2, 0.25) is 0 Å². The quantitative estimate of drug-likeness (QED) is 0.897. The van der Waals surface area contributed by atoms with Gasteiger partial charge in [0.25, 0.3) is 0 Å². The van der Waals surface area contributed by atoms with Crippen LogP contribution in [0.25, 0.3) is 0 Å². The zero-order valence-corrected chi connectivity index (χ0v) is 12.1. The van der Waals surface area contributed by atoms with Gasteiger partial charge < -0.3 is 10.4 Å². The third kappa shape index (κ3) is 3.55. The number of nitrogens with one attached hydrogen (secondary N) is 1. The number of hydrogen-bond donors (Lipinski definition) is 2. The molecular weight excluding hydrogens is 309 g/mol. The summed E-state index contributed by atoms with van der Waals surface area (Å²) in [7, 11) is 1.87. The lowest BCUT2D eigenvalue weighted by molar-refractivity contribution is 0.473. The van der Waals surface area contributed by atoms with Crippen molar-refractivity contribution in [1.82, 2.24) is 5.32 Å². The molecule has 0 amide bonds. The molecule has 0 aromatic heterocycles. The number of hydrogen-bond acceptors (Lipinski definition) is 2. The van der Waals surface area contributed by atoms with Crippen LogP contribution < -0.4 is 5.32 Å². The van der Waals surface area contributed by atoms with Gasteiger partial charge in [-0.1, -0.05) is 18.2 Å². The van der Waals surface area contributed by atoms with Gasteiger partial charge in [0.05, 0.1) is 4.47 Å². The van der Waals surface area contributed by atoms with Crippen LogP contribution in [-0.4, -0.2) is 12.2 Å². The van der Waals surface area contributed by atoms with Crippen LogP contribution in [-0.2, 0) is 6.42 Å². The van der Waals surface area contributed by atoms with Crippen LogP contribution >= 0.6 is 15.9 Å². The van der Waals surface area contributed by atoms with Gasteiger partial charge in [-0.25, -0.2) is 4.39 Å². The molecular formula is C15H15BrFNO. The largest absolute Gasteiger partial charge is 0.508 e. The second-order valence-electron chi connectivity index (χ2n) is 4.39. The van der Waals surface area contributed by atoms with Crippen molar-refractivity contribution in [3.05, 3.63) is 63.9 Å². The van der Waals surface area contributed by atoms with Crippen molar-refractivity contribution in [3.63, 3.8) is 0 Å². The van der Waals surface area contributed by atoms with E-state index in [0.29, 0.717) is 4.47 Å². The Morgan fingerprint density at radius 2 is 2.05 bits per heavy atom. The van der Waals surface area contributed by atoms with E-state index in [1.165, 1.54) is 6.07 Å². The maximum atomic E-state index is 13.2. The zero-order valence-electron chi connectivity index (χ0n) is 10.5. The molecule has 0 saturated carbocycles. The molecule has 0 heterocycles. The Balaban J connectivity index is 2.22. The molecule has 0 radical (unpaired) electrons. The first-order valence-corrected chi connectivity index (χ1v) is 6.79. The molecule has 1 atom stereocenters. The number of phenolic OH excluding ortho intramolecular Hbond substituents is 1. The first kappa shape index (κ1) is 14.0. The van der Waals surface area contributed by atoms with Gasteiger partial charge in [0.1, 0.15) is 11.6 Å². The first-order valence-electron chi connectivity index (χ1n) is 6.00. The summed E-state index contributed by atoms with van der Waals surface area (Å²) >= 11 is 3.20. The number of benzene rings is 2. The lowest BCUT2D eigenvalue weighted by Crippen LogP contribution is -2.18. The van der Waals surface area contributed by atoms with Crippen LogP contribution in [0, 0.1) is 5.82 Å². The van der Waals surface area contributed by atoms with Crippen LogP contribution in [0.3, 0.4) is 0 Å². The highest BCUT2D eigenvalue weighted by molar-refractivity contribution is 9.10. The van der Waals surface area contributed by atoms with Crippen molar-refractivity contribution >= 4 is 15.9 Å². The first-order chi connectivity index (χ1) is 9.10. The minimum absolute atomic E-state index is 0.0682. The fourth-order valence-corrected chi connectivity index (χ4v) is 2.43. The SMILES string of the molecule is CNC(Cc1cccc(O)c1)c1ccc(F)c(Br)c1. The Morgan fingerprint density at radius 3 is 2.68 bits per heavy atom. The van der Waals surface area contributed by atoms with Gasteiger partial charge in [-0.05, 0) is 64.8 Å². The number of aromatic hydroxyl groups is 1. The summed E-state index contributed by atoms with van der Waals surface area (Å²) in [5, 5.41) is 12.7. The van der Waals surface area contributed by atoms with Crippen molar-refractivity contribution in [1.29, 1.82) is 0 Å². The van der Waals surface area contributed by atoms with E-state index in [4.69, 9.17) is 0 Å². The summed E-state index contributed by atoms with van der Waals surface area (Å²) in [5.74, 6) is -0.0106. The summed E-state index contributed by atoms with van der Waals surface area (Å²) < 4.78 is 13.7. The maximum Gasteiger partial charge on any atom is 0.137 e. The molecule has 0 saturated heterocycles. The van der Waals surface area contributed by atoms with Gasteiger partial charge in [0, 0.05) is 6.04 Å². The third-order valence-electron chi connectivity index (χ3n) is 3.04. The molecule has 19 heavy (non-hydrogen) atoms. The zero-order chi connectivity index (χ0) is 13.8. The standard InChI is InChI=1S/C15H15BrFNO/c1-18-15(8-10-3-2-4-12(19)7-10)11-5-6-14(17)13(16)9-11/h2-7,9,15,18-19H,8H2,1H3. The van der Waals surface area contributed by atoms with Crippen molar-refractivity contribution < 1.29 is 9.50 Å². The molecule has 0 aliphatic carbocycles. The minimum atomic E-state index is -0.268. The average Bonchev–Trinajstić information content (AvgIpc) is 2.39. The van der Waals surface area contributed by atoms with Gasteiger partial charge in [0.15, 0.2) is 0 Å². The molecule has 2 N–H and O–H groups in total. The van der Waals surface area contributed by atoms with E-state index in [9.17, 15) is 9.50 Å². The van der Waals surface area contributed by atoms with Gasteiger partial charge in [-0.2, -0.15) is 0 Å². The predicted octanol–water partition coefficient (Wildman–Crippen LogP) is 3.80. The molecule has 100 valence electrons. The fourth-order valence-electron chi connectivity index (χ4n) is 2.03. The van der Waals surface area contributed by atoms with E-state index < -0.39 is 0 Å².